The molecule has 2 rings (SSSR count). The topological polar surface area (TPSA) is 89.8 Å². The molecule has 1 unspecified atom stereocenters. The van der Waals surface area contributed by atoms with Crippen LogP contribution in [0.2, 0.25) is 0 Å². The number of carbonyl (C=O) groups excluding carboxylic acids is 2. The number of amides is 1. The number of nitro benzene ring substituents is 1. The normalized spacial score (nSPS) is 11.6. The number of hydrogen-bond acceptors (Lipinski definition) is 5. The lowest BCUT2D eigenvalue weighted by molar-refractivity contribution is -0.384. The molecule has 0 radical (unpaired) electrons. The van der Waals surface area contributed by atoms with E-state index in [0.717, 1.165) is 24.3 Å². The van der Waals surface area contributed by atoms with Crippen molar-refractivity contribution < 1.29 is 28.0 Å². The Morgan fingerprint density at radius 3 is 2.36 bits per heavy atom. The van der Waals surface area contributed by atoms with E-state index in [2.05, 4.69) is 0 Å². The molecule has 148 valence electrons. The van der Waals surface area contributed by atoms with E-state index < -0.39 is 40.2 Å². The SMILES string of the molecule is CCOC(=O)c1cc(C(=O)N(C)C(C)c2ccc(F)c(F)c2)cc([N+](=O)[O-])c1. The van der Waals surface area contributed by atoms with Crippen molar-refractivity contribution in [3.8, 4) is 0 Å². The summed E-state index contributed by atoms with van der Waals surface area (Å²) in [6.07, 6.45) is 0. The minimum Gasteiger partial charge on any atom is -0.462 e. The first-order valence-electron chi connectivity index (χ1n) is 8.34. The van der Waals surface area contributed by atoms with Crippen LogP contribution in [0.1, 0.15) is 46.2 Å². The first-order valence-corrected chi connectivity index (χ1v) is 8.34. The van der Waals surface area contributed by atoms with Crippen LogP contribution in [0.15, 0.2) is 36.4 Å². The average molecular weight is 392 g/mol. The van der Waals surface area contributed by atoms with Gasteiger partial charge in [0.1, 0.15) is 0 Å². The van der Waals surface area contributed by atoms with Crippen LogP contribution in [0.25, 0.3) is 0 Å². The lowest BCUT2D eigenvalue weighted by atomic mass is 10.0. The largest absolute Gasteiger partial charge is 0.462 e. The quantitative estimate of drug-likeness (QED) is 0.423. The maximum absolute atomic E-state index is 13.5. The van der Waals surface area contributed by atoms with Gasteiger partial charge in [0.2, 0.25) is 0 Å². The van der Waals surface area contributed by atoms with Crippen molar-refractivity contribution >= 4 is 17.6 Å². The lowest BCUT2D eigenvalue weighted by Gasteiger charge is -2.25. The molecule has 9 heteroatoms. The van der Waals surface area contributed by atoms with Gasteiger partial charge in [0.05, 0.1) is 23.1 Å². The number of hydrogen-bond donors (Lipinski definition) is 0. The minimum atomic E-state index is -1.05. The Bertz CT molecular complexity index is 933. The van der Waals surface area contributed by atoms with Gasteiger partial charge in [-0.25, -0.2) is 13.6 Å². The highest BCUT2D eigenvalue weighted by molar-refractivity contribution is 5.99. The number of ether oxygens (including phenoxy) is 1. The van der Waals surface area contributed by atoms with Gasteiger partial charge in [0.25, 0.3) is 11.6 Å². The van der Waals surface area contributed by atoms with Gasteiger partial charge in [-0.15, -0.1) is 0 Å². The van der Waals surface area contributed by atoms with Crippen LogP contribution in [-0.2, 0) is 4.74 Å². The van der Waals surface area contributed by atoms with Crippen molar-refractivity contribution in [2.45, 2.75) is 19.9 Å². The fourth-order valence-electron chi connectivity index (χ4n) is 2.55. The number of benzene rings is 2. The van der Waals surface area contributed by atoms with E-state index in [-0.39, 0.29) is 17.7 Å². The Labute approximate surface area is 159 Å². The molecule has 2 aromatic rings. The molecule has 0 heterocycles. The molecule has 0 spiro atoms. The second-order valence-electron chi connectivity index (χ2n) is 6.01. The molecular weight excluding hydrogens is 374 g/mol. The van der Waals surface area contributed by atoms with Crippen molar-refractivity contribution in [1.82, 2.24) is 4.90 Å². The number of carbonyl (C=O) groups is 2. The lowest BCUT2D eigenvalue weighted by Crippen LogP contribution is -2.30. The van der Waals surface area contributed by atoms with Gasteiger partial charge in [0, 0.05) is 24.7 Å². The van der Waals surface area contributed by atoms with Crippen LogP contribution < -0.4 is 0 Å². The molecule has 0 bridgehead atoms. The van der Waals surface area contributed by atoms with Crippen LogP contribution in [0.5, 0.6) is 0 Å². The second kappa shape index (κ2) is 8.55. The molecule has 0 saturated carbocycles. The van der Waals surface area contributed by atoms with Crippen molar-refractivity contribution in [3.05, 3.63) is 74.8 Å². The van der Waals surface area contributed by atoms with E-state index in [0.29, 0.717) is 5.56 Å². The summed E-state index contributed by atoms with van der Waals surface area (Å²) in [5.41, 5.74) is -0.337. The molecule has 1 atom stereocenters. The zero-order valence-electron chi connectivity index (χ0n) is 15.4. The van der Waals surface area contributed by atoms with Gasteiger partial charge in [-0.2, -0.15) is 0 Å². The number of nitrogens with zero attached hydrogens (tertiary/aromatic N) is 2. The molecule has 0 N–H and O–H groups in total. The van der Waals surface area contributed by atoms with Crippen molar-refractivity contribution in [1.29, 1.82) is 0 Å². The predicted octanol–water partition coefficient (Wildman–Crippen LogP) is 3.88. The summed E-state index contributed by atoms with van der Waals surface area (Å²) in [5.74, 6) is -3.49. The Balaban J connectivity index is 2.39. The third-order valence-corrected chi connectivity index (χ3v) is 4.21. The zero-order valence-corrected chi connectivity index (χ0v) is 15.4. The van der Waals surface area contributed by atoms with Gasteiger partial charge in [-0.3, -0.25) is 14.9 Å². The Morgan fingerprint density at radius 1 is 1.14 bits per heavy atom. The average Bonchev–Trinajstić information content (AvgIpc) is 2.68. The van der Waals surface area contributed by atoms with Crippen LogP contribution in [0, 0.1) is 21.7 Å². The summed E-state index contributed by atoms with van der Waals surface area (Å²) >= 11 is 0. The van der Waals surface area contributed by atoms with Crippen molar-refractivity contribution in [2.24, 2.45) is 0 Å². The van der Waals surface area contributed by atoms with Crippen LogP contribution in [-0.4, -0.2) is 35.4 Å². The highest BCUT2D eigenvalue weighted by atomic mass is 19.2. The first-order chi connectivity index (χ1) is 13.1. The van der Waals surface area contributed by atoms with E-state index in [1.165, 1.54) is 24.1 Å². The van der Waals surface area contributed by atoms with E-state index in [4.69, 9.17) is 4.74 Å². The number of non-ortho nitro benzene ring substituents is 1. The van der Waals surface area contributed by atoms with Crippen LogP contribution in [0.3, 0.4) is 0 Å². The minimum absolute atomic E-state index is 0.0673. The Morgan fingerprint density at radius 2 is 1.79 bits per heavy atom. The second-order valence-corrected chi connectivity index (χ2v) is 6.01. The van der Waals surface area contributed by atoms with E-state index >= 15 is 0 Å². The molecule has 0 saturated heterocycles. The Kier molecular flexibility index (Phi) is 6.40. The van der Waals surface area contributed by atoms with Crippen LogP contribution in [0.4, 0.5) is 14.5 Å². The number of nitro groups is 1. The fourth-order valence-corrected chi connectivity index (χ4v) is 2.55. The molecule has 0 aromatic heterocycles. The van der Waals surface area contributed by atoms with E-state index in [9.17, 15) is 28.5 Å². The number of halogens is 2. The van der Waals surface area contributed by atoms with E-state index in [1.54, 1.807) is 13.8 Å². The van der Waals surface area contributed by atoms with Crippen LogP contribution >= 0.6 is 0 Å². The molecular formula is C19H18F2N2O5. The summed E-state index contributed by atoms with van der Waals surface area (Å²) in [4.78, 5) is 36.4. The molecule has 2 aromatic carbocycles. The number of esters is 1. The standard InChI is InChI=1S/C19H18F2N2O5/c1-4-28-19(25)14-7-13(8-15(9-14)23(26)27)18(24)22(3)11(2)12-5-6-16(20)17(21)10-12/h5-11H,4H2,1-3H3. The molecule has 7 nitrogen and oxygen atoms in total. The summed E-state index contributed by atoms with van der Waals surface area (Å²) in [5, 5.41) is 11.2. The molecule has 0 fully saturated rings. The molecule has 1 amide bonds. The summed E-state index contributed by atoms with van der Waals surface area (Å²) in [6, 6.07) is 5.86. The molecule has 28 heavy (non-hydrogen) atoms. The highest BCUT2D eigenvalue weighted by Gasteiger charge is 2.24. The van der Waals surface area contributed by atoms with Crippen molar-refractivity contribution in [2.75, 3.05) is 13.7 Å². The van der Waals surface area contributed by atoms with Gasteiger partial charge in [-0.05, 0) is 37.6 Å². The first kappa shape index (κ1) is 20.9. The number of rotatable bonds is 6. The maximum Gasteiger partial charge on any atom is 0.338 e. The van der Waals surface area contributed by atoms with Gasteiger partial charge in [-0.1, -0.05) is 6.07 Å². The third-order valence-electron chi connectivity index (χ3n) is 4.21. The van der Waals surface area contributed by atoms with Crippen molar-refractivity contribution in [3.63, 3.8) is 0 Å². The fraction of sp³-hybridized carbons (Fsp3) is 0.263. The molecule has 0 aliphatic rings. The molecule has 0 aliphatic heterocycles. The Hall–Kier alpha value is -3.36. The maximum atomic E-state index is 13.5. The predicted molar refractivity (Wildman–Crippen MR) is 95.9 cm³/mol. The van der Waals surface area contributed by atoms with Gasteiger partial charge >= 0.3 is 5.97 Å². The van der Waals surface area contributed by atoms with E-state index in [1.807, 2.05) is 0 Å². The summed E-state index contributed by atoms with van der Waals surface area (Å²) < 4.78 is 31.4. The highest BCUT2D eigenvalue weighted by Crippen LogP contribution is 2.25. The van der Waals surface area contributed by atoms with Gasteiger partial charge in [0.15, 0.2) is 11.6 Å². The monoisotopic (exact) mass is 392 g/mol. The molecule has 0 aliphatic carbocycles. The summed E-state index contributed by atoms with van der Waals surface area (Å²) in [6.45, 7) is 3.24. The van der Waals surface area contributed by atoms with Gasteiger partial charge < -0.3 is 9.64 Å². The zero-order chi connectivity index (χ0) is 21.0. The summed E-state index contributed by atoms with van der Waals surface area (Å²) in [7, 11) is 1.41. The smallest absolute Gasteiger partial charge is 0.338 e. The third kappa shape index (κ3) is 4.48.